The summed E-state index contributed by atoms with van der Waals surface area (Å²) in [5.74, 6) is 1.13. The Bertz CT molecular complexity index is 1120. The lowest BCUT2D eigenvalue weighted by molar-refractivity contribution is 0.143. The van der Waals surface area contributed by atoms with Gasteiger partial charge in [0, 0.05) is 43.8 Å². The van der Waals surface area contributed by atoms with Crippen molar-refractivity contribution in [2.45, 2.75) is 30.8 Å². The first-order valence-electron chi connectivity index (χ1n) is 11.8. The summed E-state index contributed by atoms with van der Waals surface area (Å²) in [6, 6.07) is 22.1. The van der Waals surface area contributed by atoms with E-state index in [9.17, 15) is 4.79 Å². The highest BCUT2D eigenvalue weighted by Crippen LogP contribution is 2.44. The third-order valence-corrected chi connectivity index (χ3v) is 7.19. The lowest BCUT2D eigenvalue weighted by Crippen LogP contribution is -2.43. The van der Waals surface area contributed by atoms with Crippen molar-refractivity contribution in [3.05, 3.63) is 83.6 Å². The Balaban J connectivity index is 1.00. The van der Waals surface area contributed by atoms with Crippen LogP contribution in [0.25, 0.3) is 11.1 Å². The van der Waals surface area contributed by atoms with E-state index in [1.165, 1.54) is 28.7 Å². The van der Waals surface area contributed by atoms with E-state index in [1.807, 2.05) is 18.3 Å². The van der Waals surface area contributed by atoms with Crippen molar-refractivity contribution < 1.29 is 9.53 Å². The number of benzene rings is 2. The van der Waals surface area contributed by atoms with E-state index in [0.29, 0.717) is 25.2 Å². The summed E-state index contributed by atoms with van der Waals surface area (Å²) in [7, 11) is 0. The third-order valence-electron chi connectivity index (χ3n) is 7.19. The van der Waals surface area contributed by atoms with Gasteiger partial charge in [-0.15, -0.1) is 0 Å². The van der Waals surface area contributed by atoms with Crippen LogP contribution in [0.2, 0.25) is 0 Å². The number of ether oxygens (including phenoxy) is 1. The van der Waals surface area contributed by atoms with Crippen molar-refractivity contribution in [2.75, 3.05) is 31.1 Å². The molecule has 3 aromatic rings. The van der Waals surface area contributed by atoms with Gasteiger partial charge in [-0.3, -0.25) is 0 Å². The fourth-order valence-electron chi connectivity index (χ4n) is 5.53. The van der Waals surface area contributed by atoms with E-state index >= 15 is 0 Å². The lowest BCUT2D eigenvalue weighted by Gasteiger charge is -2.28. The Labute approximate surface area is 194 Å². The van der Waals surface area contributed by atoms with E-state index in [-0.39, 0.29) is 12.0 Å². The number of carbonyl (C=O) groups excluding carboxylic acids is 1. The summed E-state index contributed by atoms with van der Waals surface area (Å²) >= 11 is 0. The highest BCUT2D eigenvalue weighted by Gasteiger charge is 2.38. The van der Waals surface area contributed by atoms with Gasteiger partial charge >= 0.3 is 6.09 Å². The fourth-order valence-corrected chi connectivity index (χ4v) is 5.53. The van der Waals surface area contributed by atoms with Crippen molar-refractivity contribution in [2.24, 2.45) is 0 Å². The minimum absolute atomic E-state index is 0.0796. The summed E-state index contributed by atoms with van der Waals surface area (Å²) in [6.07, 6.45) is 3.49. The van der Waals surface area contributed by atoms with Gasteiger partial charge in [-0.1, -0.05) is 54.6 Å². The molecule has 2 aliphatic heterocycles. The van der Waals surface area contributed by atoms with Gasteiger partial charge in [0.1, 0.15) is 12.4 Å². The summed E-state index contributed by atoms with van der Waals surface area (Å²) < 4.78 is 5.61. The average molecular weight is 441 g/mol. The number of pyridine rings is 1. The number of hydrogen-bond donors (Lipinski definition) is 2. The Morgan fingerprint density at radius 3 is 2.45 bits per heavy atom. The second-order valence-electron chi connectivity index (χ2n) is 9.17. The second kappa shape index (κ2) is 8.52. The summed E-state index contributed by atoms with van der Waals surface area (Å²) in [5, 5.41) is 6.41. The highest BCUT2D eigenvalue weighted by atomic mass is 16.5. The van der Waals surface area contributed by atoms with E-state index in [1.54, 1.807) is 0 Å². The van der Waals surface area contributed by atoms with Gasteiger partial charge < -0.3 is 20.3 Å². The summed E-state index contributed by atoms with van der Waals surface area (Å²) in [4.78, 5) is 19.4. The van der Waals surface area contributed by atoms with Crippen LogP contribution in [0.5, 0.6) is 0 Å². The molecule has 1 aliphatic carbocycles. The molecular formula is C27H28N4O2. The Morgan fingerprint density at radius 1 is 1.06 bits per heavy atom. The SMILES string of the molecule is O=C(NCCc1ccc(N2C[C@@H]3C[C@H]2CN3)nc1)OCC1c2ccccc2-c2ccccc21. The normalized spacial score (nSPS) is 20.5. The maximum Gasteiger partial charge on any atom is 0.407 e. The van der Waals surface area contributed by atoms with Crippen molar-refractivity contribution in [1.82, 2.24) is 15.6 Å². The van der Waals surface area contributed by atoms with Crippen molar-refractivity contribution >= 4 is 11.9 Å². The quantitative estimate of drug-likeness (QED) is 0.612. The van der Waals surface area contributed by atoms with Crippen molar-refractivity contribution in [1.29, 1.82) is 0 Å². The first-order chi connectivity index (χ1) is 16.3. The number of rotatable bonds is 6. The minimum Gasteiger partial charge on any atom is -0.449 e. The van der Waals surface area contributed by atoms with E-state index < -0.39 is 0 Å². The number of anilines is 1. The van der Waals surface area contributed by atoms with Crippen LogP contribution in [0.3, 0.4) is 0 Å². The molecule has 168 valence electrons. The van der Waals surface area contributed by atoms with Crippen LogP contribution in [0.1, 0.15) is 29.0 Å². The summed E-state index contributed by atoms with van der Waals surface area (Å²) in [5.41, 5.74) is 6.02. The molecule has 0 saturated carbocycles. The van der Waals surface area contributed by atoms with Gasteiger partial charge in [-0.25, -0.2) is 9.78 Å². The van der Waals surface area contributed by atoms with E-state index in [0.717, 1.165) is 30.9 Å². The number of nitrogens with zero attached hydrogens (tertiary/aromatic N) is 2. The Morgan fingerprint density at radius 2 is 1.82 bits per heavy atom. The van der Waals surface area contributed by atoms with E-state index in [4.69, 9.17) is 4.74 Å². The molecule has 2 N–H and O–H groups in total. The Kier molecular flexibility index (Phi) is 5.23. The van der Waals surface area contributed by atoms with Gasteiger partial charge in [0.2, 0.25) is 0 Å². The fraction of sp³-hybridized carbons (Fsp3) is 0.333. The highest BCUT2D eigenvalue weighted by molar-refractivity contribution is 5.79. The molecule has 33 heavy (non-hydrogen) atoms. The molecule has 0 unspecified atom stereocenters. The largest absolute Gasteiger partial charge is 0.449 e. The van der Waals surface area contributed by atoms with Crippen LogP contribution >= 0.6 is 0 Å². The Hall–Kier alpha value is -3.38. The molecule has 0 radical (unpaired) electrons. The van der Waals surface area contributed by atoms with Gasteiger partial charge in [0.05, 0.1) is 0 Å². The number of fused-ring (bicyclic) bond motifs is 5. The molecule has 6 heteroatoms. The number of hydrogen-bond acceptors (Lipinski definition) is 5. The van der Waals surface area contributed by atoms with Gasteiger partial charge in [-0.2, -0.15) is 0 Å². The van der Waals surface area contributed by atoms with Crippen molar-refractivity contribution in [3.8, 4) is 11.1 Å². The molecule has 2 bridgehead atoms. The maximum absolute atomic E-state index is 12.4. The summed E-state index contributed by atoms with van der Waals surface area (Å²) in [6.45, 7) is 2.96. The molecule has 0 spiro atoms. The first kappa shape index (κ1) is 20.2. The molecular weight excluding hydrogens is 412 g/mol. The molecule has 3 aliphatic rings. The lowest BCUT2D eigenvalue weighted by atomic mass is 9.98. The van der Waals surface area contributed by atoms with Crippen LogP contribution in [-0.2, 0) is 11.2 Å². The van der Waals surface area contributed by atoms with Gasteiger partial charge in [0.15, 0.2) is 0 Å². The first-order valence-corrected chi connectivity index (χ1v) is 11.8. The third kappa shape index (κ3) is 3.85. The molecule has 6 nitrogen and oxygen atoms in total. The number of nitrogens with one attached hydrogen (secondary N) is 2. The monoisotopic (exact) mass is 440 g/mol. The number of amides is 1. The van der Waals surface area contributed by atoms with Crippen LogP contribution in [0.15, 0.2) is 66.9 Å². The zero-order chi connectivity index (χ0) is 22.2. The second-order valence-corrected chi connectivity index (χ2v) is 9.17. The zero-order valence-corrected chi connectivity index (χ0v) is 18.5. The van der Waals surface area contributed by atoms with Crippen LogP contribution < -0.4 is 15.5 Å². The minimum atomic E-state index is -0.373. The molecule has 6 rings (SSSR count). The topological polar surface area (TPSA) is 66.5 Å². The standard InChI is InChI=1S/C27H28N4O2/c32-27(33-17-25-23-7-3-1-5-21(23)22-6-2-4-8-24(22)25)28-12-11-18-9-10-26(30-14-18)31-16-19-13-20(31)15-29-19/h1-10,14,19-20,25,29H,11-13,15-17H2,(H,28,32)/t19-,20-/m0/s1. The van der Waals surface area contributed by atoms with Gasteiger partial charge in [-0.05, 0) is 46.7 Å². The molecule has 3 heterocycles. The van der Waals surface area contributed by atoms with Crippen molar-refractivity contribution in [3.63, 3.8) is 0 Å². The average Bonchev–Trinajstić information content (AvgIpc) is 3.57. The van der Waals surface area contributed by atoms with Gasteiger partial charge in [0.25, 0.3) is 0 Å². The smallest absolute Gasteiger partial charge is 0.407 e. The van der Waals surface area contributed by atoms with Crippen LogP contribution in [-0.4, -0.2) is 49.4 Å². The molecule has 2 fully saturated rings. The molecule has 2 aromatic carbocycles. The molecule has 1 aromatic heterocycles. The predicted molar refractivity (Wildman–Crippen MR) is 129 cm³/mol. The number of carbonyl (C=O) groups is 1. The zero-order valence-electron chi connectivity index (χ0n) is 18.5. The maximum atomic E-state index is 12.4. The number of aromatic nitrogens is 1. The predicted octanol–water partition coefficient (Wildman–Crippen LogP) is 3.71. The number of alkyl carbamates (subject to hydrolysis) is 1. The van der Waals surface area contributed by atoms with Crippen LogP contribution in [0, 0.1) is 0 Å². The molecule has 2 saturated heterocycles. The molecule has 1 amide bonds. The van der Waals surface area contributed by atoms with Crippen LogP contribution in [0.4, 0.5) is 10.6 Å². The number of piperazine rings is 1. The molecule has 2 atom stereocenters. The van der Waals surface area contributed by atoms with E-state index in [2.05, 4.69) is 69.0 Å².